The zero-order valence-electron chi connectivity index (χ0n) is 14.8. The highest BCUT2D eigenvalue weighted by atomic mass is 32.1. The SMILES string of the molecule is CCc1ccc(-c2nc(CC(=O)NC3CCCCC3CN)cs2)cc1. The fraction of sp³-hybridized carbons (Fsp3) is 0.500. The van der Waals surface area contributed by atoms with Gasteiger partial charge in [-0.2, -0.15) is 0 Å². The third-order valence-electron chi connectivity index (χ3n) is 5.06. The summed E-state index contributed by atoms with van der Waals surface area (Å²) in [5.41, 5.74) is 9.13. The molecule has 0 aliphatic heterocycles. The highest BCUT2D eigenvalue weighted by Crippen LogP contribution is 2.25. The summed E-state index contributed by atoms with van der Waals surface area (Å²) in [6.45, 7) is 2.80. The Hall–Kier alpha value is -1.72. The van der Waals surface area contributed by atoms with Crippen LogP contribution in [0.4, 0.5) is 0 Å². The van der Waals surface area contributed by atoms with Crippen LogP contribution < -0.4 is 11.1 Å². The van der Waals surface area contributed by atoms with Gasteiger partial charge in [0, 0.05) is 17.0 Å². The van der Waals surface area contributed by atoms with Gasteiger partial charge in [0.25, 0.3) is 0 Å². The largest absolute Gasteiger partial charge is 0.353 e. The van der Waals surface area contributed by atoms with Gasteiger partial charge in [0.1, 0.15) is 5.01 Å². The van der Waals surface area contributed by atoms with Crippen LogP contribution in [-0.4, -0.2) is 23.5 Å². The minimum Gasteiger partial charge on any atom is -0.353 e. The second kappa shape index (κ2) is 8.59. The molecule has 1 aromatic heterocycles. The predicted molar refractivity (Wildman–Crippen MR) is 104 cm³/mol. The molecular weight excluding hydrogens is 330 g/mol. The van der Waals surface area contributed by atoms with Crippen molar-refractivity contribution in [3.05, 3.63) is 40.9 Å². The summed E-state index contributed by atoms with van der Waals surface area (Å²) in [4.78, 5) is 17.0. The summed E-state index contributed by atoms with van der Waals surface area (Å²) in [5, 5.41) is 6.14. The first kappa shape index (κ1) is 18.1. The maximum absolute atomic E-state index is 12.4. The van der Waals surface area contributed by atoms with Crippen molar-refractivity contribution in [2.75, 3.05) is 6.54 Å². The number of nitrogens with one attached hydrogen (secondary N) is 1. The Morgan fingerprint density at radius 2 is 2.04 bits per heavy atom. The van der Waals surface area contributed by atoms with E-state index >= 15 is 0 Å². The Balaban J connectivity index is 1.59. The summed E-state index contributed by atoms with van der Waals surface area (Å²) in [6, 6.07) is 8.72. The minimum absolute atomic E-state index is 0.0588. The molecule has 1 amide bonds. The highest BCUT2D eigenvalue weighted by Gasteiger charge is 2.25. The van der Waals surface area contributed by atoms with Gasteiger partial charge >= 0.3 is 0 Å². The second-order valence-corrected chi connectivity index (χ2v) is 7.68. The first-order chi connectivity index (χ1) is 12.2. The normalized spacial score (nSPS) is 20.4. The van der Waals surface area contributed by atoms with E-state index in [-0.39, 0.29) is 11.9 Å². The van der Waals surface area contributed by atoms with Gasteiger partial charge in [-0.25, -0.2) is 4.98 Å². The number of aromatic nitrogens is 1. The lowest BCUT2D eigenvalue weighted by Crippen LogP contribution is -2.45. The maximum Gasteiger partial charge on any atom is 0.226 e. The molecule has 1 saturated carbocycles. The third kappa shape index (κ3) is 4.67. The zero-order valence-corrected chi connectivity index (χ0v) is 15.6. The lowest BCUT2D eigenvalue weighted by molar-refractivity contribution is -0.121. The number of rotatable bonds is 6. The molecule has 2 aromatic rings. The van der Waals surface area contributed by atoms with Crippen LogP contribution in [-0.2, 0) is 17.6 Å². The number of carbonyl (C=O) groups excluding carboxylic acids is 1. The molecule has 0 saturated heterocycles. The van der Waals surface area contributed by atoms with E-state index in [9.17, 15) is 4.79 Å². The fourth-order valence-corrected chi connectivity index (χ4v) is 4.33. The van der Waals surface area contributed by atoms with Gasteiger partial charge < -0.3 is 11.1 Å². The van der Waals surface area contributed by atoms with Gasteiger partial charge in [-0.15, -0.1) is 11.3 Å². The molecule has 1 heterocycles. The predicted octanol–water partition coefficient (Wildman–Crippen LogP) is 3.55. The molecule has 4 nitrogen and oxygen atoms in total. The number of hydrogen-bond donors (Lipinski definition) is 2. The van der Waals surface area contributed by atoms with E-state index in [1.807, 2.05) is 5.38 Å². The molecule has 1 fully saturated rings. The van der Waals surface area contributed by atoms with Crippen molar-refractivity contribution >= 4 is 17.2 Å². The molecule has 25 heavy (non-hydrogen) atoms. The van der Waals surface area contributed by atoms with Crippen molar-refractivity contribution in [1.82, 2.24) is 10.3 Å². The Kier molecular flexibility index (Phi) is 6.21. The van der Waals surface area contributed by atoms with Crippen molar-refractivity contribution in [3.8, 4) is 10.6 Å². The summed E-state index contributed by atoms with van der Waals surface area (Å²) in [6.07, 6.45) is 5.94. The monoisotopic (exact) mass is 357 g/mol. The van der Waals surface area contributed by atoms with Crippen LogP contribution >= 0.6 is 11.3 Å². The van der Waals surface area contributed by atoms with E-state index in [0.717, 1.165) is 35.5 Å². The lowest BCUT2D eigenvalue weighted by atomic mass is 9.84. The van der Waals surface area contributed by atoms with Crippen molar-refractivity contribution in [2.24, 2.45) is 11.7 Å². The molecule has 3 rings (SSSR count). The lowest BCUT2D eigenvalue weighted by Gasteiger charge is -2.31. The number of carbonyl (C=O) groups is 1. The number of amides is 1. The molecule has 1 aliphatic rings. The Labute approximate surface area is 153 Å². The van der Waals surface area contributed by atoms with E-state index < -0.39 is 0 Å². The summed E-state index contributed by atoms with van der Waals surface area (Å²) in [5.74, 6) is 0.476. The Morgan fingerprint density at radius 3 is 2.76 bits per heavy atom. The quantitative estimate of drug-likeness (QED) is 0.831. The van der Waals surface area contributed by atoms with Crippen molar-refractivity contribution in [2.45, 2.75) is 51.5 Å². The van der Waals surface area contributed by atoms with Crippen LogP contribution in [0.15, 0.2) is 29.6 Å². The molecule has 134 valence electrons. The molecule has 1 aromatic carbocycles. The van der Waals surface area contributed by atoms with Gasteiger partial charge in [0.15, 0.2) is 0 Å². The molecule has 3 N–H and O–H groups in total. The number of nitrogens with two attached hydrogens (primary N) is 1. The number of nitrogens with zero attached hydrogens (tertiary/aromatic N) is 1. The molecule has 1 aliphatic carbocycles. The summed E-state index contributed by atoms with van der Waals surface area (Å²) in [7, 11) is 0. The second-order valence-electron chi connectivity index (χ2n) is 6.83. The van der Waals surface area contributed by atoms with Crippen molar-refractivity contribution < 1.29 is 4.79 Å². The van der Waals surface area contributed by atoms with E-state index in [1.54, 1.807) is 11.3 Å². The number of hydrogen-bond acceptors (Lipinski definition) is 4. The smallest absolute Gasteiger partial charge is 0.226 e. The Morgan fingerprint density at radius 1 is 1.28 bits per heavy atom. The molecule has 0 bridgehead atoms. The van der Waals surface area contributed by atoms with Crippen LogP contribution in [0.1, 0.15) is 43.9 Å². The van der Waals surface area contributed by atoms with E-state index in [0.29, 0.717) is 18.9 Å². The number of aryl methyl sites for hydroxylation is 1. The van der Waals surface area contributed by atoms with E-state index in [1.165, 1.54) is 18.4 Å². The van der Waals surface area contributed by atoms with Gasteiger partial charge in [0.2, 0.25) is 5.91 Å². The van der Waals surface area contributed by atoms with E-state index in [2.05, 4.69) is 41.5 Å². The standard InChI is InChI=1S/C20H27N3OS/c1-2-14-7-9-15(10-8-14)20-22-17(13-25-20)11-19(24)23-18-6-4-3-5-16(18)12-21/h7-10,13,16,18H,2-6,11-12,21H2,1H3,(H,23,24). The van der Waals surface area contributed by atoms with Crippen molar-refractivity contribution in [1.29, 1.82) is 0 Å². The minimum atomic E-state index is 0.0588. The molecule has 2 unspecified atom stereocenters. The fourth-order valence-electron chi connectivity index (χ4n) is 3.51. The first-order valence-corrected chi connectivity index (χ1v) is 10.1. The van der Waals surface area contributed by atoms with Crippen LogP contribution in [0.2, 0.25) is 0 Å². The number of benzene rings is 1. The van der Waals surface area contributed by atoms with Gasteiger partial charge in [-0.3, -0.25) is 4.79 Å². The first-order valence-electron chi connectivity index (χ1n) is 9.22. The topological polar surface area (TPSA) is 68.0 Å². The zero-order chi connectivity index (χ0) is 17.6. The van der Waals surface area contributed by atoms with Gasteiger partial charge in [-0.05, 0) is 37.3 Å². The van der Waals surface area contributed by atoms with E-state index in [4.69, 9.17) is 5.73 Å². The van der Waals surface area contributed by atoms with Crippen LogP contribution in [0, 0.1) is 5.92 Å². The number of thiazole rings is 1. The van der Waals surface area contributed by atoms with Crippen LogP contribution in [0.25, 0.3) is 10.6 Å². The van der Waals surface area contributed by atoms with Gasteiger partial charge in [0.05, 0.1) is 12.1 Å². The summed E-state index contributed by atoms with van der Waals surface area (Å²) < 4.78 is 0. The van der Waals surface area contributed by atoms with Crippen LogP contribution in [0.3, 0.4) is 0 Å². The molecule has 5 heteroatoms. The average Bonchev–Trinajstić information content (AvgIpc) is 3.10. The molecule has 2 atom stereocenters. The third-order valence-corrected chi connectivity index (χ3v) is 6.00. The molecule has 0 radical (unpaired) electrons. The highest BCUT2D eigenvalue weighted by molar-refractivity contribution is 7.13. The molecular formula is C20H27N3OS. The maximum atomic E-state index is 12.4. The van der Waals surface area contributed by atoms with Gasteiger partial charge in [-0.1, -0.05) is 44.0 Å². The summed E-state index contributed by atoms with van der Waals surface area (Å²) >= 11 is 1.60. The van der Waals surface area contributed by atoms with Crippen LogP contribution in [0.5, 0.6) is 0 Å². The average molecular weight is 358 g/mol. The molecule has 0 spiro atoms. The van der Waals surface area contributed by atoms with Crippen molar-refractivity contribution in [3.63, 3.8) is 0 Å². The Bertz CT molecular complexity index is 695.